The van der Waals surface area contributed by atoms with Crippen molar-refractivity contribution in [1.29, 1.82) is 0 Å². The first-order valence-electron chi connectivity index (χ1n) is 4.15. The summed E-state index contributed by atoms with van der Waals surface area (Å²) >= 11 is 1.73. The van der Waals surface area contributed by atoms with Crippen molar-refractivity contribution in [2.75, 3.05) is 6.54 Å². The third-order valence-electron chi connectivity index (χ3n) is 1.67. The van der Waals surface area contributed by atoms with E-state index in [1.165, 1.54) is 17.4 Å². The van der Waals surface area contributed by atoms with Crippen molar-refractivity contribution in [2.45, 2.75) is 13.8 Å². The van der Waals surface area contributed by atoms with E-state index in [9.17, 15) is 4.79 Å². The van der Waals surface area contributed by atoms with Gasteiger partial charge in [0.05, 0.1) is 0 Å². The molecule has 1 aromatic heterocycles. The first-order chi connectivity index (χ1) is 6.20. The van der Waals surface area contributed by atoms with E-state index in [0.717, 1.165) is 0 Å². The van der Waals surface area contributed by atoms with Gasteiger partial charge in [0.1, 0.15) is 0 Å². The van der Waals surface area contributed by atoms with Gasteiger partial charge in [-0.25, -0.2) is 0 Å². The molecule has 70 valence electrons. The molecular weight excluding hydrogens is 182 g/mol. The number of thiophene rings is 1. The Hall–Kier alpha value is -1.09. The van der Waals surface area contributed by atoms with Gasteiger partial charge in [-0.05, 0) is 23.9 Å². The number of hydrogen-bond acceptors (Lipinski definition) is 2. The van der Waals surface area contributed by atoms with Crippen molar-refractivity contribution < 1.29 is 4.79 Å². The molecule has 0 fully saturated rings. The molecule has 1 N–H and O–H groups in total. The fourth-order valence-electron chi connectivity index (χ4n) is 0.956. The van der Waals surface area contributed by atoms with Crippen LogP contribution in [0.2, 0.25) is 0 Å². The molecule has 1 rings (SSSR count). The normalized spacial score (nSPS) is 10.6. The zero-order chi connectivity index (χ0) is 9.68. The SMILES string of the molecule is CC(=O)NCC=Cc1ccsc1C. The van der Waals surface area contributed by atoms with Crippen molar-refractivity contribution in [3.8, 4) is 0 Å². The monoisotopic (exact) mass is 195 g/mol. The molecule has 0 spiro atoms. The van der Waals surface area contributed by atoms with Gasteiger partial charge in [-0.15, -0.1) is 11.3 Å². The molecule has 1 heterocycles. The fraction of sp³-hybridized carbons (Fsp3) is 0.300. The molecule has 0 saturated carbocycles. The van der Waals surface area contributed by atoms with Crippen LogP contribution in [0.3, 0.4) is 0 Å². The molecule has 0 bridgehead atoms. The van der Waals surface area contributed by atoms with Crippen LogP contribution in [0.15, 0.2) is 17.5 Å². The zero-order valence-electron chi connectivity index (χ0n) is 7.83. The summed E-state index contributed by atoms with van der Waals surface area (Å²) in [4.78, 5) is 11.8. The van der Waals surface area contributed by atoms with E-state index in [-0.39, 0.29) is 5.91 Å². The number of rotatable bonds is 3. The van der Waals surface area contributed by atoms with Gasteiger partial charge in [0, 0.05) is 18.3 Å². The van der Waals surface area contributed by atoms with E-state index in [1.807, 2.05) is 12.2 Å². The second-order valence-electron chi connectivity index (χ2n) is 2.77. The summed E-state index contributed by atoms with van der Waals surface area (Å²) in [6, 6.07) is 2.07. The Kier molecular flexibility index (Phi) is 3.71. The highest BCUT2D eigenvalue weighted by Gasteiger charge is 1.92. The molecule has 0 saturated heterocycles. The molecule has 3 heteroatoms. The maximum Gasteiger partial charge on any atom is 0.217 e. The second-order valence-corrected chi connectivity index (χ2v) is 3.89. The Labute approximate surface area is 82.3 Å². The number of hydrogen-bond donors (Lipinski definition) is 1. The number of nitrogens with one attached hydrogen (secondary N) is 1. The average molecular weight is 195 g/mol. The Morgan fingerprint density at radius 3 is 3.00 bits per heavy atom. The van der Waals surface area contributed by atoms with E-state index in [1.54, 1.807) is 11.3 Å². The third-order valence-corrected chi connectivity index (χ3v) is 2.53. The van der Waals surface area contributed by atoms with Gasteiger partial charge in [0.25, 0.3) is 0 Å². The van der Waals surface area contributed by atoms with Crippen LogP contribution in [-0.4, -0.2) is 12.5 Å². The summed E-state index contributed by atoms with van der Waals surface area (Å²) < 4.78 is 0. The first kappa shape index (κ1) is 9.99. The van der Waals surface area contributed by atoms with Crippen LogP contribution in [0.5, 0.6) is 0 Å². The van der Waals surface area contributed by atoms with Crippen LogP contribution < -0.4 is 5.32 Å². The predicted molar refractivity (Wildman–Crippen MR) is 56.8 cm³/mol. The molecule has 0 radical (unpaired) electrons. The maximum atomic E-state index is 10.5. The first-order valence-corrected chi connectivity index (χ1v) is 5.03. The summed E-state index contributed by atoms with van der Waals surface area (Å²) in [5.41, 5.74) is 1.23. The van der Waals surface area contributed by atoms with E-state index in [4.69, 9.17) is 0 Å². The van der Waals surface area contributed by atoms with Crippen LogP contribution >= 0.6 is 11.3 Å². The zero-order valence-corrected chi connectivity index (χ0v) is 8.65. The highest BCUT2D eigenvalue weighted by atomic mass is 32.1. The predicted octanol–water partition coefficient (Wildman–Crippen LogP) is 2.21. The van der Waals surface area contributed by atoms with Gasteiger partial charge in [-0.2, -0.15) is 0 Å². The molecular formula is C10H13NOS. The van der Waals surface area contributed by atoms with Gasteiger partial charge < -0.3 is 5.32 Å². The van der Waals surface area contributed by atoms with Crippen LogP contribution in [0, 0.1) is 6.92 Å². The molecule has 2 nitrogen and oxygen atoms in total. The van der Waals surface area contributed by atoms with E-state index in [0.29, 0.717) is 6.54 Å². The van der Waals surface area contributed by atoms with Crippen molar-refractivity contribution in [2.24, 2.45) is 0 Å². The fourth-order valence-corrected chi connectivity index (χ4v) is 1.65. The minimum atomic E-state index is 0.00619. The van der Waals surface area contributed by atoms with Crippen LogP contribution in [0.4, 0.5) is 0 Å². The average Bonchev–Trinajstić information content (AvgIpc) is 2.45. The Bertz CT molecular complexity index is 314. The molecule has 0 unspecified atom stereocenters. The van der Waals surface area contributed by atoms with E-state index >= 15 is 0 Å². The minimum Gasteiger partial charge on any atom is -0.353 e. The van der Waals surface area contributed by atoms with Crippen LogP contribution in [-0.2, 0) is 4.79 Å². The summed E-state index contributed by atoms with van der Waals surface area (Å²) in [5, 5.41) is 4.77. The van der Waals surface area contributed by atoms with Gasteiger partial charge in [0.15, 0.2) is 0 Å². The third kappa shape index (κ3) is 3.42. The van der Waals surface area contributed by atoms with E-state index in [2.05, 4.69) is 23.7 Å². The van der Waals surface area contributed by atoms with Gasteiger partial charge >= 0.3 is 0 Å². The lowest BCUT2D eigenvalue weighted by atomic mass is 10.2. The standard InChI is InChI=1S/C10H13NOS/c1-8-10(5-7-13-8)4-3-6-11-9(2)12/h3-5,7H,6H2,1-2H3,(H,11,12). The summed E-state index contributed by atoms with van der Waals surface area (Å²) in [6.45, 7) is 4.21. The van der Waals surface area contributed by atoms with Crippen molar-refractivity contribution in [3.63, 3.8) is 0 Å². The maximum absolute atomic E-state index is 10.5. The summed E-state index contributed by atoms with van der Waals surface area (Å²) in [6.07, 6.45) is 3.98. The van der Waals surface area contributed by atoms with Gasteiger partial charge in [-0.3, -0.25) is 4.79 Å². The number of carbonyl (C=O) groups is 1. The van der Waals surface area contributed by atoms with Crippen molar-refractivity contribution in [1.82, 2.24) is 5.32 Å². The summed E-state index contributed by atoms with van der Waals surface area (Å²) in [7, 11) is 0. The van der Waals surface area contributed by atoms with Crippen LogP contribution in [0.1, 0.15) is 17.4 Å². The van der Waals surface area contributed by atoms with Crippen molar-refractivity contribution in [3.05, 3.63) is 28.0 Å². The Balaban J connectivity index is 2.41. The number of amides is 1. The molecule has 1 amide bonds. The molecule has 1 aromatic rings. The van der Waals surface area contributed by atoms with Crippen LogP contribution in [0.25, 0.3) is 6.08 Å². The van der Waals surface area contributed by atoms with Gasteiger partial charge in [-0.1, -0.05) is 12.2 Å². The highest BCUT2D eigenvalue weighted by molar-refractivity contribution is 7.10. The smallest absolute Gasteiger partial charge is 0.217 e. The molecule has 0 aliphatic carbocycles. The lowest BCUT2D eigenvalue weighted by Gasteiger charge is -1.94. The minimum absolute atomic E-state index is 0.00619. The molecule has 0 atom stereocenters. The molecule has 0 aliphatic rings. The lowest BCUT2D eigenvalue weighted by Crippen LogP contribution is -2.19. The topological polar surface area (TPSA) is 29.1 Å². The molecule has 13 heavy (non-hydrogen) atoms. The van der Waals surface area contributed by atoms with Crippen molar-refractivity contribution >= 4 is 23.3 Å². The second kappa shape index (κ2) is 4.82. The molecule has 0 aromatic carbocycles. The lowest BCUT2D eigenvalue weighted by molar-refractivity contribution is -0.118. The summed E-state index contributed by atoms with van der Waals surface area (Å²) in [5.74, 6) is 0.00619. The highest BCUT2D eigenvalue weighted by Crippen LogP contribution is 2.15. The number of aryl methyl sites for hydroxylation is 1. The van der Waals surface area contributed by atoms with E-state index < -0.39 is 0 Å². The Morgan fingerprint density at radius 1 is 1.69 bits per heavy atom. The van der Waals surface area contributed by atoms with Gasteiger partial charge in [0.2, 0.25) is 5.91 Å². The quantitative estimate of drug-likeness (QED) is 0.787. The molecule has 0 aliphatic heterocycles. The Morgan fingerprint density at radius 2 is 2.46 bits per heavy atom. The number of carbonyl (C=O) groups excluding carboxylic acids is 1. The largest absolute Gasteiger partial charge is 0.353 e.